The molecule has 5 nitrogen and oxygen atoms in total. The third kappa shape index (κ3) is 7.20. The van der Waals surface area contributed by atoms with Crippen LogP contribution in [0.15, 0.2) is 152 Å². The van der Waals surface area contributed by atoms with E-state index in [1.165, 1.54) is 27.6 Å². The largest absolute Gasteiger partial charge is 0.458 e. The third-order valence-electron chi connectivity index (χ3n) is 11.5. The summed E-state index contributed by atoms with van der Waals surface area (Å²) in [6, 6.07) is 51.9. The molecule has 0 aliphatic carbocycles. The molecule has 0 bridgehead atoms. The van der Waals surface area contributed by atoms with Gasteiger partial charge in [-0.25, -0.2) is 4.98 Å². The summed E-state index contributed by atoms with van der Waals surface area (Å²) < 4.78 is 13.4. The van der Waals surface area contributed by atoms with Crippen molar-refractivity contribution in [1.82, 2.24) is 14.1 Å². The van der Waals surface area contributed by atoms with E-state index in [0.717, 1.165) is 61.7 Å². The number of pyridine rings is 1. The van der Waals surface area contributed by atoms with Gasteiger partial charge in [0.05, 0.1) is 33.4 Å². The van der Waals surface area contributed by atoms with Gasteiger partial charge < -0.3 is 4.74 Å². The number of imidazole rings is 1. The van der Waals surface area contributed by atoms with E-state index in [1.54, 1.807) is 0 Å². The molecule has 9 rings (SSSR count). The predicted octanol–water partition coefficient (Wildman–Crippen LogP) is 13.6. The molecule has 0 unspecified atom stereocenters. The second kappa shape index (κ2) is 14.1. The average Bonchev–Trinajstić information content (AvgIpc) is 3.76. The van der Waals surface area contributed by atoms with Crippen molar-refractivity contribution in [3.63, 3.8) is 0 Å². The van der Waals surface area contributed by atoms with Gasteiger partial charge in [0.15, 0.2) is 0 Å². The van der Waals surface area contributed by atoms with Crippen LogP contribution in [-0.4, -0.2) is 14.1 Å². The summed E-state index contributed by atoms with van der Waals surface area (Å²) in [6.45, 7) is 20.4. The van der Waals surface area contributed by atoms with E-state index in [-0.39, 0.29) is 16.2 Å². The molecule has 59 heavy (non-hydrogen) atoms. The highest BCUT2D eigenvalue weighted by atomic mass is 16.5. The van der Waals surface area contributed by atoms with Gasteiger partial charge >= 0.3 is 0 Å². The summed E-state index contributed by atoms with van der Waals surface area (Å²) in [6.07, 6.45) is 5.71. The topological polar surface area (TPSA) is 35.9 Å². The van der Waals surface area contributed by atoms with Crippen molar-refractivity contribution in [2.45, 2.75) is 78.6 Å². The van der Waals surface area contributed by atoms with Crippen LogP contribution in [0.2, 0.25) is 0 Å². The van der Waals surface area contributed by atoms with Crippen molar-refractivity contribution in [2.24, 2.45) is 0 Å². The molecule has 3 aromatic heterocycles. The fraction of sp³-hybridized carbons (Fsp3) is 0.222. The highest BCUT2D eigenvalue weighted by Gasteiger charge is 2.23. The van der Waals surface area contributed by atoms with Crippen LogP contribution in [0.4, 0.5) is 0 Å². The number of hydrogen-bond donors (Lipinski definition) is 0. The highest BCUT2D eigenvalue weighted by Crippen LogP contribution is 2.37. The van der Waals surface area contributed by atoms with Crippen LogP contribution in [-0.2, 0) is 16.2 Å². The maximum atomic E-state index is 6.73. The molecule has 3 heterocycles. The van der Waals surface area contributed by atoms with Crippen LogP contribution in [0.3, 0.4) is 0 Å². The van der Waals surface area contributed by atoms with Gasteiger partial charge in [0.25, 0.3) is 6.33 Å². The van der Waals surface area contributed by atoms with E-state index in [1.807, 2.05) is 12.3 Å². The fourth-order valence-corrected chi connectivity index (χ4v) is 8.00. The molecule has 0 spiro atoms. The van der Waals surface area contributed by atoms with Gasteiger partial charge in [-0.1, -0.05) is 135 Å². The lowest BCUT2D eigenvalue weighted by Gasteiger charge is -2.26. The van der Waals surface area contributed by atoms with E-state index >= 15 is 0 Å². The van der Waals surface area contributed by atoms with Crippen LogP contribution >= 0.6 is 0 Å². The third-order valence-corrected chi connectivity index (χ3v) is 11.5. The summed E-state index contributed by atoms with van der Waals surface area (Å²) in [5.74, 6) is 2.39. The maximum absolute atomic E-state index is 6.73. The lowest BCUT2D eigenvalue weighted by molar-refractivity contribution is -0.572. The molecule has 6 aromatic carbocycles. The van der Waals surface area contributed by atoms with E-state index in [4.69, 9.17) is 9.72 Å². The number of nitrogens with zero attached hydrogens (tertiary/aromatic N) is 4. The van der Waals surface area contributed by atoms with E-state index in [9.17, 15) is 0 Å². The van der Waals surface area contributed by atoms with Crippen LogP contribution in [0.5, 0.6) is 11.5 Å². The lowest BCUT2D eigenvalue weighted by Crippen LogP contribution is -2.31. The summed E-state index contributed by atoms with van der Waals surface area (Å²) in [5.41, 5.74) is 12.4. The lowest BCUT2D eigenvalue weighted by atomic mass is 9.80. The molecule has 0 saturated carbocycles. The second-order valence-corrected chi connectivity index (χ2v) is 18.9. The Balaban J connectivity index is 1.16. The van der Waals surface area contributed by atoms with E-state index in [0.29, 0.717) is 0 Å². The van der Waals surface area contributed by atoms with Crippen LogP contribution in [0.1, 0.15) is 79.0 Å². The molecule has 294 valence electrons. The normalized spacial score (nSPS) is 12.5. The van der Waals surface area contributed by atoms with Crippen molar-refractivity contribution >= 4 is 32.8 Å². The maximum Gasteiger partial charge on any atom is 0.269 e. The Hall–Kier alpha value is -6.46. The molecule has 9 aromatic rings. The molecule has 0 aliphatic heterocycles. The average molecular weight is 773 g/mol. The Morgan fingerprint density at radius 3 is 1.92 bits per heavy atom. The summed E-state index contributed by atoms with van der Waals surface area (Å²) in [4.78, 5) is 4.87. The molecule has 0 atom stereocenters. The van der Waals surface area contributed by atoms with Crippen molar-refractivity contribution in [3.8, 4) is 39.8 Å². The number of aromatic nitrogens is 4. The van der Waals surface area contributed by atoms with Crippen LogP contribution in [0, 0.1) is 6.33 Å². The van der Waals surface area contributed by atoms with Gasteiger partial charge in [0.1, 0.15) is 17.3 Å². The van der Waals surface area contributed by atoms with E-state index in [2.05, 4.69) is 222 Å². The Bertz CT molecular complexity index is 2990. The zero-order valence-corrected chi connectivity index (χ0v) is 35.6. The second-order valence-electron chi connectivity index (χ2n) is 18.9. The predicted molar refractivity (Wildman–Crippen MR) is 244 cm³/mol. The standard InChI is InChI=1S/C54H52N4O/c1-52(2,3)38-26-27-55-51(32-38)58-47-21-14-13-20-45(47)46-24-23-44(34-49(46)58)59-43-19-15-18-41(33-43)56-35-57(42-30-39(53(4,5)6)29-40(31-42)54(7,8)9)50-28-37(22-25-48(50)56)36-16-11-10-12-17-36/h10-34H,1-9H3. The minimum atomic E-state index is -0.0276. The molecule has 0 saturated heterocycles. The zero-order chi connectivity index (χ0) is 41.3. The Morgan fingerprint density at radius 2 is 1.19 bits per heavy atom. The first-order valence-corrected chi connectivity index (χ1v) is 20.6. The number of rotatable bonds is 6. The minimum Gasteiger partial charge on any atom is -0.458 e. The smallest absolute Gasteiger partial charge is 0.269 e. The number of ether oxygens (including phenoxy) is 1. The van der Waals surface area contributed by atoms with Crippen molar-refractivity contribution in [1.29, 1.82) is 0 Å². The summed E-state index contributed by atoms with van der Waals surface area (Å²) >= 11 is 0. The van der Waals surface area contributed by atoms with Crippen LogP contribution < -0.4 is 9.30 Å². The summed E-state index contributed by atoms with van der Waals surface area (Å²) in [5, 5.41) is 2.34. The molecular weight excluding hydrogens is 721 g/mol. The van der Waals surface area contributed by atoms with Gasteiger partial charge in [0.2, 0.25) is 0 Å². The summed E-state index contributed by atoms with van der Waals surface area (Å²) in [7, 11) is 0. The SMILES string of the molecule is CC(C)(C)c1cc(-[n+]2[c-]n(-c3cccc(Oc4ccc5c6ccccc6n(-c6cc(C(C)(C)C)ccn6)c5c4)c3)c3ccc(-c4ccccc4)cc32)cc(C(C)(C)C)c1. The first kappa shape index (κ1) is 38.1. The molecular formula is C54H52N4O. The van der Waals surface area contributed by atoms with Crippen molar-refractivity contribution in [2.75, 3.05) is 0 Å². The van der Waals surface area contributed by atoms with Crippen molar-refractivity contribution < 1.29 is 9.30 Å². The number of hydrogen-bond acceptors (Lipinski definition) is 2. The number of benzene rings is 6. The Morgan fingerprint density at radius 1 is 0.508 bits per heavy atom. The van der Waals surface area contributed by atoms with Gasteiger partial charge in [-0.15, -0.1) is 0 Å². The van der Waals surface area contributed by atoms with E-state index < -0.39 is 0 Å². The molecule has 0 radical (unpaired) electrons. The van der Waals surface area contributed by atoms with Gasteiger partial charge in [0, 0.05) is 23.0 Å². The first-order valence-electron chi connectivity index (χ1n) is 20.6. The fourth-order valence-electron chi connectivity index (χ4n) is 8.00. The quantitative estimate of drug-likeness (QED) is 0.125. The van der Waals surface area contributed by atoms with Gasteiger partial charge in [-0.2, -0.15) is 0 Å². The molecule has 0 amide bonds. The number of para-hydroxylation sites is 1. The Labute approximate surface area is 348 Å². The minimum absolute atomic E-state index is 0.00645. The van der Waals surface area contributed by atoms with Crippen LogP contribution in [0.25, 0.3) is 61.2 Å². The molecule has 0 aliphatic rings. The Kier molecular flexibility index (Phi) is 9.12. The molecule has 0 N–H and O–H groups in total. The number of fused-ring (bicyclic) bond motifs is 4. The van der Waals surface area contributed by atoms with Gasteiger partial charge in [-0.3, -0.25) is 13.7 Å². The van der Waals surface area contributed by atoms with Gasteiger partial charge in [-0.05, 0) is 111 Å². The first-order chi connectivity index (χ1) is 28.1. The highest BCUT2D eigenvalue weighted by molar-refractivity contribution is 6.09. The zero-order valence-electron chi connectivity index (χ0n) is 35.6. The molecule has 0 fully saturated rings. The monoisotopic (exact) mass is 772 g/mol. The molecule has 5 heteroatoms. The van der Waals surface area contributed by atoms with Crippen molar-refractivity contribution in [3.05, 3.63) is 175 Å².